The van der Waals surface area contributed by atoms with Gasteiger partial charge in [-0.1, -0.05) is 19.1 Å². The number of amides is 2. The molecule has 0 saturated carbocycles. The van der Waals surface area contributed by atoms with Crippen molar-refractivity contribution in [2.24, 2.45) is 0 Å². The topological polar surface area (TPSA) is 142 Å². The average molecular weight is 507 g/mol. The van der Waals surface area contributed by atoms with Crippen molar-refractivity contribution in [3.05, 3.63) is 75.3 Å². The molecule has 0 aliphatic carbocycles. The molecule has 9 heteroatoms. The summed E-state index contributed by atoms with van der Waals surface area (Å²) in [5.41, 5.74) is 2.68. The third-order valence-electron chi connectivity index (χ3n) is 6.09. The molecular formula is C28H30N2O7. The summed E-state index contributed by atoms with van der Waals surface area (Å²) in [6, 6.07) is 8.87. The van der Waals surface area contributed by atoms with Crippen LogP contribution in [0.2, 0.25) is 0 Å². The van der Waals surface area contributed by atoms with E-state index < -0.39 is 23.8 Å². The number of fused-ring (bicyclic) bond motifs is 1. The molecule has 3 aromatic carbocycles. The smallest absolute Gasteiger partial charge is 0.336 e. The Hall–Kier alpha value is -4.24. The number of benzene rings is 3. The zero-order valence-electron chi connectivity index (χ0n) is 21.2. The fourth-order valence-electron chi connectivity index (χ4n) is 4.34. The number of hydrogen-bond acceptors (Lipinski definition) is 5. The summed E-state index contributed by atoms with van der Waals surface area (Å²) in [5.74, 6) is -3.94. The van der Waals surface area contributed by atoms with Crippen molar-refractivity contribution in [2.75, 3.05) is 25.1 Å². The van der Waals surface area contributed by atoms with Gasteiger partial charge in [-0.2, -0.15) is 0 Å². The van der Waals surface area contributed by atoms with Crippen molar-refractivity contribution >= 4 is 40.2 Å². The van der Waals surface area contributed by atoms with Crippen molar-refractivity contribution in [3.8, 4) is 0 Å². The first-order valence-corrected chi connectivity index (χ1v) is 11.9. The van der Waals surface area contributed by atoms with Gasteiger partial charge in [-0.15, -0.1) is 0 Å². The number of carbonyl (C=O) groups is 4. The maximum absolute atomic E-state index is 13.5. The normalized spacial score (nSPS) is 10.8. The van der Waals surface area contributed by atoms with E-state index in [1.54, 1.807) is 0 Å². The van der Waals surface area contributed by atoms with Gasteiger partial charge >= 0.3 is 11.9 Å². The third kappa shape index (κ3) is 5.78. The van der Waals surface area contributed by atoms with Gasteiger partial charge in [0.2, 0.25) is 0 Å². The van der Waals surface area contributed by atoms with Crippen LogP contribution in [-0.2, 0) is 11.2 Å². The minimum absolute atomic E-state index is 0.0526. The molecule has 0 aromatic heterocycles. The van der Waals surface area contributed by atoms with Gasteiger partial charge in [0.25, 0.3) is 11.8 Å². The molecule has 2 amide bonds. The van der Waals surface area contributed by atoms with Crippen molar-refractivity contribution in [2.45, 2.75) is 34.1 Å². The quantitative estimate of drug-likeness (QED) is 0.298. The Kier molecular flexibility index (Phi) is 8.62. The molecule has 0 fully saturated rings. The molecule has 0 aliphatic rings. The molecule has 9 nitrogen and oxygen atoms in total. The van der Waals surface area contributed by atoms with Gasteiger partial charge in [0, 0.05) is 40.7 Å². The van der Waals surface area contributed by atoms with Crippen LogP contribution in [0, 0.1) is 13.8 Å². The fourth-order valence-corrected chi connectivity index (χ4v) is 4.34. The lowest BCUT2D eigenvalue weighted by Gasteiger charge is -2.17. The second-order valence-electron chi connectivity index (χ2n) is 8.55. The van der Waals surface area contributed by atoms with Crippen molar-refractivity contribution < 1.29 is 34.1 Å². The second-order valence-corrected chi connectivity index (χ2v) is 8.55. The molecule has 0 aliphatic heterocycles. The summed E-state index contributed by atoms with van der Waals surface area (Å²) in [7, 11) is 0. The first-order chi connectivity index (χ1) is 17.6. The molecule has 0 heterocycles. The van der Waals surface area contributed by atoms with Crippen LogP contribution >= 0.6 is 0 Å². The number of carbonyl (C=O) groups excluding carboxylic acids is 2. The van der Waals surface area contributed by atoms with E-state index in [-0.39, 0.29) is 46.2 Å². The van der Waals surface area contributed by atoms with Crippen LogP contribution < -0.4 is 10.6 Å². The summed E-state index contributed by atoms with van der Waals surface area (Å²) >= 11 is 0. The molecule has 37 heavy (non-hydrogen) atoms. The van der Waals surface area contributed by atoms with Crippen molar-refractivity contribution in [1.29, 1.82) is 0 Å². The largest absolute Gasteiger partial charge is 0.478 e. The SMILES string of the molecule is CCOCCNC(=O)c1ccc(C(=O)Nc2c(C)cc(CC)cc2C)c2c(C(=O)O)ccc(C(=O)O)c12. The number of rotatable bonds is 10. The van der Waals surface area contributed by atoms with E-state index in [1.807, 2.05) is 39.8 Å². The Morgan fingerprint density at radius 3 is 1.73 bits per heavy atom. The van der Waals surface area contributed by atoms with Crippen LogP contribution in [0.4, 0.5) is 5.69 Å². The number of aryl methyl sites for hydroxylation is 3. The lowest BCUT2D eigenvalue weighted by Crippen LogP contribution is -2.28. The van der Waals surface area contributed by atoms with Crippen molar-refractivity contribution in [1.82, 2.24) is 5.32 Å². The minimum Gasteiger partial charge on any atom is -0.478 e. The van der Waals surface area contributed by atoms with Crippen LogP contribution in [-0.4, -0.2) is 53.7 Å². The number of aromatic carboxylic acids is 2. The van der Waals surface area contributed by atoms with Crippen LogP contribution in [0.25, 0.3) is 10.8 Å². The van der Waals surface area contributed by atoms with Gasteiger partial charge in [0.05, 0.1) is 17.7 Å². The Morgan fingerprint density at radius 2 is 1.27 bits per heavy atom. The molecule has 4 N–H and O–H groups in total. The van der Waals surface area contributed by atoms with Crippen LogP contribution in [0.15, 0.2) is 36.4 Å². The first-order valence-electron chi connectivity index (χ1n) is 11.9. The molecule has 0 bridgehead atoms. The molecule has 3 aromatic rings. The molecule has 0 saturated heterocycles. The summed E-state index contributed by atoms with van der Waals surface area (Å²) in [5, 5.41) is 25.0. The standard InChI is InChI=1S/C28H30N2O7/c1-5-17-13-15(3)24(16(4)14-17)30-26(32)19-8-7-18(25(31)29-11-12-37-6-2)22-20(27(33)34)9-10-21(23(19)22)28(35)36/h7-10,13-14H,5-6,11-12H2,1-4H3,(H,29,31)(H,30,32)(H,33,34)(H,35,36). The predicted octanol–water partition coefficient (Wildman–Crippen LogP) is 4.43. The van der Waals surface area contributed by atoms with Gasteiger partial charge in [0.1, 0.15) is 0 Å². The van der Waals surface area contributed by atoms with E-state index in [0.717, 1.165) is 35.2 Å². The van der Waals surface area contributed by atoms with Gasteiger partial charge in [-0.25, -0.2) is 9.59 Å². The van der Waals surface area contributed by atoms with E-state index in [0.29, 0.717) is 12.3 Å². The number of nitrogens with one attached hydrogen (secondary N) is 2. The van der Waals surface area contributed by atoms with Crippen LogP contribution in [0.5, 0.6) is 0 Å². The highest BCUT2D eigenvalue weighted by molar-refractivity contribution is 6.24. The number of anilines is 1. The first kappa shape index (κ1) is 27.3. The van der Waals surface area contributed by atoms with Gasteiger partial charge in [-0.3, -0.25) is 9.59 Å². The molecule has 194 valence electrons. The van der Waals surface area contributed by atoms with E-state index in [4.69, 9.17) is 4.74 Å². The Morgan fingerprint density at radius 1 is 0.784 bits per heavy atom. The molecular weight excluding hydrogens is 476 g/mol. The van der Waals surface area contributed by atoms with Gasteiger partial charge in [0.15, 0.2) is 0 Å². The lowest BCUT2D eigenvalue weighted by molar-refractivity contribution is 0.0684. The van der Waals surface area contributed by atoms with Crippen LogP contribution in [0.3, 0.4) is 0 Å². The highest BCUT2D eigenvalue weighted by Gasteiger charge is 2.26. The van der Waals surface area contributed by atoms with Crippen LogP contribution in [0.1, 0.15) is 72.0 Å². The van der Waals surface area contributed by atoms with E-state index in [2.05, 4.69) is 10.6 Å². The molecule has 0 radical (unpaired) electrons. The number of hydrogen-bond donors (Lipinski definition) is 4. The fraction of sp³-hybridized carbons (Fsp3) is 0.286. The number of carboxylic acids is 2. The summed E-state index contributed by atoms with van der Waals surface area (Å²) in [6.07, 6.45) is 0.828. The Balaban J connectivity index is 2.20. The number of ether oxygens (including phenoxy) is 1. The van der Waals surface area contributed by atoms with Crippen molar-refractivity contribution in [3.63, 3.8) is 0 Å². The zero-order valence-corrected chi connectivity index (χ0v) is 21.2. The molecule has 0 spiro atoms. The van der Waals surface area contributed by atoms with E-state index >= 15 is 0 Å². The molecule has 0 atom stereocenters. The Bertz CT molecular complexity index is 1370. The maximum Gasteiger partial charge on any atom is 0.336 e. The molecule has 0 unspecified atom stereocenters. The van der Waals surface area contributed by atoms with E-state index in [1.165, 1.54) is 12.1 Å². The summed E-state index contributed by atoms with van der Waals surface area (Å²) < 4.78 is 5.22. The monoisotopic (exact) mass is 506 g/mol. The zero-order chi connectivity index (χ0) is 27.3. The highest BCUT2D eigenvalue weighted by atomic mass is 16.5. The highest BCUT2D eigenvalue weighted by Crippen LogP contribution is 2.32. The van der Waals surface area contributed by atoms with E-state index in [9.17, 15) is 29.4 Å². The average Bonchev–Trinajstić information content (AvgIpc) is 2.86. The lowest BCUT2D eigenvalue weighted by atomic mass is 9.90. The second kappa shape index (κ2) is 11.7. The Labute approximate surface area is 214 Å². The molecule has 3 rings (SSSR count). The predicted molar refractivity (Wildman–Crippen MR) is 140 cm³/mol. The van der Waals surface area contributed by atoms with Gasteiger partial charge < -0.3 is 25.6 Å². The maximum atomic E-state index is 13.5. The number of carboxylic acid groups (broad SMARTS) is 2. The third-order valence-corrected chi connectivity index (χ3v) is 6.09. The minimum atomic E-state index is -1.36. The van der Waals surface area contributed by atoms with Gasteiger partial charge in [-0.05, 0) is 68.1 Å². The summed E-state index contributed by atoms with van der Waals surface area (Å²) in [4.78, 5) is 50.7. The summed E-state index contributed by atoms with van der Waals surface area (Å²) in [6.45, 7) is 8.45.